The van der Waals surface area contributed by atoms with Crippen molar-refractivity contribution in [1.82, 2.24) is 15.1 Å². The van der Waals surface area contributed by atoms with E-state index in [0.29, 0.717) is 25.0 Å². The molecule has 2 saturated heterocycles. The summed E-state index contributed by atoms with van der Waals surface area (Å²) in [5.41, 5.74) is 4.10. The fourth-order valence-corrected chi connectivity index (χ4v) is 9.33. The Morgan fingerprint density at radius 3 is 2.62 bits per heavy atom. The highest BCUT2D eigenvalue weighted by molar-refractivity contribution is 7.29. The number of hydrogen-bond acceptors (Lipinski definition) is 8. The molecule has 1 unspecified atom stereocenters. The number of piperidine rings is 1. The van der Waals surface area contributed by atoms with Crippen LogP contribution in [0.25, 0.3) is 19.8 Å². The average molecular weight is 649 g/mol. The van der Waals surface area contributed by atoms with Gasteiger partial charge in [0.05, 0.1) is 12.6 Å². The van der Waals surface area contributed by atoms with Crippen molar-refractivity contribution in [2.45, 2.75) is 88.9 Å². The molecule has 1 spiro atoms. The van der Waals surface area contributed by atoms with E-state index in [1.165, 1.54) is 69.1 Å². The Balaban J connectivity index is 1.11. The molecule has 10 heteroatoms. The number of hydrogen-bond donors (Lipinski definition) is 1. The smallest absolute Gasteiger partial charge is 0.410 e. The highest BCUT2D eigenvalue weighted by Gasteiger charge is 2.40. The van der Waals surface area contributed by atoms with Gasteiger partial charge in [-0.2, -0.15) is 5.26 Å². The summed E-state index contributed by atoms with van der Waals surface area (Å²) in [4.78, 5) is 32.3. The van der Waals surface area contributed by atoms with Crippen molar-refractivity contribution in [3.63, 3.8) is 0 Å². The number of ether oxygens (including phenoxy) is 2. The van der Waals surface area contributed by atoms with Gasteiger partial charge in [0.15, 0.2) is 6.10 Å². The highest BCUT2D eigenvalue weighted by Crippen LogP contribution is 2.48. The van der Waals surface area contributed by atoms with Gasteiger partial charge in [0.25, 0.3) is 5.91 Å². The Hall–Kier alpha value is -2.97. The molecule has 3 aliphatic rings. The van der Waals surface area contributed by atoms with E-state index >= 15 is 0 Å². The number of fused-ring (bicyclic) bond motifs is 3. The molecule has 2 aromatic heterocycles. The van der Waals surface area contributed by atoms with Gasteiger partial charge >= 0.3 is 6.09 Å². The molecule has 0 radical (unpaired) electrons. The van der Waals surface area contributed by atoms with Crippen LogP contribution in [0.15, 0.2) is 30.3 Å². The first-order valence-electron chi connectivity index (χ1n) is 16.2. The monoisotopic (exact) mass is 648 g/mol. The molecule has 45 heavy (non-hydrogen) atoms. The van der Waals surface area contributed by atoms with Crippen LogP contribution in [0.1, 0.15) is 68.9 Å². The lowest BCUT2D eigenvalue weighted by Crippen LogP contribution is -2.50. The lowest BCUT2D eigenvalue weighted by molar-refractivity contribution is -0.135. The Morgan fingerprint density at radius 1 is 1.11 bits per heavy atom. The molecule has 2 atom stereocenters. The van der Waals surface area contributed by atoms with Crippen LogP contribution in [0.3, 0.4) is 0 Å². The summed E-state index contributed by atoms with van der Waals surface area (Å²) in [6, 6.07) is 13.1. The first-order chi connectivity index (χ1) is 21.5. The number of nitriles is 1. The summed E-state index contributed by atoms with van der Waals surface area (Å²) in [5.74, 6) is -0.378. The zero-order chi connectivity index (χ0) is 31.8. The lowest BCUT2D eigenvalue weighted by Gasteiger charge is -2.38. The van der Waals surface area contributed by atoms with Crippen molar-refractivity contribution >= 4 is 44.1 Å². The average Bonchev–Trinajstić information content (AvgIpc) is 3.65. The minimum Gasteiger partial charge on any atom is -0.444 e. The topological polar surface area (TPSA) is 94.9 Å². The molecule has 0 bridgehead atoms. The van der Waals surface area contributed by atoms with Crippen LogP contribution in [0.2, 0.25) is 0 Å². The molecular weight excluding hydrogens is 605 g/mol. The van der Waals surface area contributed by atoms with Gasteiger partial charge in [-0.1, -0.05) is 12.1 Å². The summed E-state index contributed by atoms with van der Waals surface area (Å²) in [5, 5.41) is 12.8. The second-order valence-electron chi connectivity index (χ2n) is 13.9. The van der Waals surface area contributed by atoms with Crippen molar-refractivity contribution in [3.8, 4) is 16.5 Å². The summed E-state index contributed by atoms with van der Waals surface area (Å²) >= 11 is 3.48. The van der Waals surface area contributed by atoms with Crippen LogP contribution in [0.5, 0.6) is 0 Å². The summed E-state index contributed by atoms with van der Waals surface area (Å²) in [6.45, 7) is 8.83. The number of nitrogens with one attached hydrogen (secondary N) is 1. The van der Waals surface area contributed by atoms with Gasteiger partial charge in [0.1, 0.15) is 11.6 Å². The van der Waals surface area contributed by atoms with Crippen molar-refractivity contribution in [2.75, 3.05) is 39.8 Å². The van der Waals surface area contributed by atoms with E-state index in [2.05, 4.69) is 53.7 Å². The first kappa shape index (κ1) is 32.0. The molecule has 1 aliphatic carbocycles. The third-order valence-electron chi connectivity index (χ3n) is 9.39. The maximum Gasteiger partial charge on any atom is 0.410 e. The normalized spacial score (nSPS) is 21.1. The minimum absolute atomic E-state index is 0.0945. The van der Waals surface area contributed by atoms with Crippen LogP contribution in [0, 0.1) is 11.3 Å². The van der Waals surface area contributed by atoms with E-state index in [0.717, 1.165) is 17.7 Å². The zero-order valence-electron chi connectivity index (χ0n) is 26.8. The van der Waals surface area contributed by atoms with Gasteiger partial charge in [-0.05, 0) is 120 Å². The lowest BCUT2D eigenvalue weighted by atomic mass is 9.73. The number of likely N-dealkylation sites (tertiary alicyclic amines) is 1. The molecule has 2 amide bonds. The summed E-state index contributed by atoms with van der Waals surface area (Å²) < 4.78 is 13.8. The van der Waals surface area contributed by atoms with E-state index in [1.807, 2.05) is 20.8 Å². The quantitative estimate of drug-likeness (QED) is 0.339. The van der Waals surface area contributed by atoms with Gasteiger partial charge in [-0.3, -0.25) is 4.79 Å². The van der Waals surface area contributed by atoms with E-state index in [9.17, 15) is 14.9 Å². The second-order valence-corrected chi connectivity index (χ2v) is 16.1. The third-order valence-corrected chi connectivity index (χ3v) is 11.8. The van der Waals surface area contributed by atoms with Crippen LogP contribution in [-0.4, -0.2) is 79.4 Å². The molecule has 2 fully saturated rings. The van der Waals surface area contributed by atoms with Crippen molar-refractivity contribution < 1.29 is 19.1 Å². The molecule has 8 nitrogen and oxygen atoms in total. The van der Waals surface area contributed by atoms with Crippen LogP contribution >= 0.6 is 22.7 Å². The number of rotatable bonds is 5. The van der Waals surface area contributed by atoms with Gasteiger partial charge < -0.3 is 24.6 Å². The number of carbonyl (C=O) groups is 2. The van der Waals surface area contributed by atoms with Gasteiger partial charge in [0, 0.05) is 38.7 Å². The van der Waals surface area contributed by atoms with Crippen LogP contribution < -0.4 is 5.32 Å². The molecule has 0 saturated carbocycles. The van der Waals surface area contributed by atoms with Gasteiger partial charge in [-0.25, -0.2) is 4.79 Å². The van der Waals surface area contributed by atoms with Crippen LogP contribution in [0.4, 0.5) is 4.79 Å². The molecule has 1 N–H and O–H groups in total. The van der Waals surface area contributed by atoms with E-state index in [-0.39, 0.29) is 12.5 Å². The summed E-state index contributed by atoms with van der Waals surface area (Å²) in [7, 11) is 2.23. The van der Waals surface area contributed by atoms with Crippen LogP contribution in [-0.2, 0) is 32.5 Å². The fraction of sp³-hybridized carbons (Fsp3) is 0.571. The second kappa shape index (κ2) is 13.0. The number of benzene rings is 1. The first-order valence-corrected chi connectivity index (χ1v) is 17.8. The van der Waals surface area contributed by atoms with Gasteiger partial charge in [0.2, 0.25) is 0 Å². The SMILES string of the molecule is CN1CCC2(CCc3ccc(-c4cc5sc(CC(C#N)NC(=O)[C@@H]6CN(C(=O)OC(C)(C)C)CCCCO6)cc5s4)cc32)CC1. The fourth-order valence-electron chi connectivity index (χ4n) is 6.86. The molecule has 240 valence electrons. The number of aryl methyl sites for hydroxylation is 1. The number of thiophene rings is 2. The Bertz CT molecular complexity index is 1560. The third kappa shape index (κ3) is 7.22. The van der Waals surface area contributed by atoms with Crippen molar-refractivity contribution in [1.29, 1.82) is 5.26 Å². The standard InChI is InChI=1S/C35H44N4O4S2/c1-34(2,3)43-33(41)39-13-5-6-16-42-28(22-39)32(40)37-25(21-36)18-26-19-30-31(44-26)20-29(45-30)24-8-7-23-9-10-35(27(23)17-24)11-14-38(4)15-12-35/h7-8,17,19-20,25,28H,5-6,9-16,18,22H2,1-4H3,(H,37,40)/t25?,28-/m0/s1. The van der Waals surface area contributed by atoms with E-state index in [1.54, 1.807) is 28.2 Å². The number of amides is 2. The number of nitrogens with zero attached hydrogens (tertiary/aromatic N) is 3. The zero-order valence-corrected chi connectivity index (χ0v) is 28.5. The predicted molar refractivity (Wildman–Crippen MR) is 180 cm³/mol. The van der Waals surface area contributed by atoms with Gasteiger partial charge in [-0.15, -0.1) is 22.7 Å². The van der Waals surface area contributed by atoms with Crippen molar-refractivity contribution in [3.05, 3.63) is 46.3 Å². The van der Waals surface area contributed by atoms with Crippen molar-refractivity contribution in [2.24, 2.45) is 0 Å². The molecule has 6 rings (SSSR count). The summed E-state index contributed by atoms with van der Waals surface area (Å²) in [6.07, 6.45) is 5.57. The number of carbonyl (C=O) groups excluding carboxylic acids is 2. The largest absolute Gasteiger partial charge is 0.444 e. The molecule has 1 aromatic carbocycles. The molecular formula is C35H44N4O4S2. The van der Waals surface area contributed by atoms with E-state index < -0.39 is 23.8 Å². The molecule has 2 aliphatic heterocycles. The molecule has 3 aromatic rings. The minimum atomic E-state index is -0.857. The Kier molecular flexibility index (Phi) is 9.26. The Morgan fingerprint density at radius 2 is 1.89 bits per heavy atom. The molecule has 4 heterocycles. The highest BCUT2D eigenvalue weighted by atomic mass is 32.1. The maximum atomic E-state index is 13.2. The Labute approximate surface area is 274 Å². The van der Waals surface area contributed by atoms with E-state index in [4.69, 9.17) is 9.47 Å². The predicted octanol–water partition coefficient (Wildman–Crippen LogP) is 6.51. The maximum absolute atomic E-state index is 13.2.